The number of guanidine groups is 1. The zero-order chi connectivity index (χ0) is 20.9. The molecule has 1 aromatic carbocycles. The van der Waals surface area contributed by atoms with Crippen molar-refractivity contribution in [3.05, 3.63) is 35.4 Å². The van der Waals surface area contributed by atoms with Crippen LogP contribution in [-0.2, 0) is 16.6 Å². The Morgan fingerprint density at radius 2 is 1.82 bits per heavy atom. The van der Waals surface area contributed by atoms with Crippen LogP contribution >= 0.6 is 0 Å². The summed E-state index contributed by atoms with van der Waals surface area (Å²) in [6.07, 6.45) is 0.752. The maximum absolute atomic E-state index is 12.6. The first-order valence-electron chi connectivity index (χ1n) is 9.08. The Morgan fingerprint density at radius 1 is 1.25 bits per heavy atom. The minimum atomic E-state index is -5.24. The van der Waals surface area contributed by atoms with Crippen LogP contribution < -0.4 is 5.32 Å². The van der Waals surface area contributed by atoms with Crippen LogP contribution in [0.2, 0.25) is 0 Å². The lowest BCUT2D eigenvalue weighted by atomic mass is 9.98. The zero-order valence-electron chi connectivity index (χ0n) is 16.3. The molecule has 1 aromatic rings. The van der Waals surface area contributed by atoms with Crippen molar-refractivity contribution >= 4 is 16.0 Å². The number of nitrogens with one attached hydrogen (secondary N) is 1. The van der Waals surface area contributed by atoms with E-state index in [2.05, 4.69) is 22.4 Å². The maximum Gasteiger partial charge on any atom is 0.511 e. The number of aryl methyl sites for hydroxylation is 1. The number of alkyl halides is 3. The quantitative estimate of drug-likeness (QED) is 0.587. The monoisotopic (exact) mass is 420 g/mol. The molecule has 0 unspecified atom stereocenters. The maximum atomic E-state index is 12.6. The van der Waals surface area contributed by atoms with Gasteiger partial charge in [-0.05, 0) is 31.2 Å². The van der Waals surface area contributed by atoms with Crippen molar-refractivity contribution in [1.29, 1.82) is 0 Å². The number of aliphatic imine (C=N–C) groups is 1. The Morgan fingerprint density at radius 3 is 2.32 bits per heavy atom. The molecule has 0 aromatic heterocycles. The van der Waals surface area contributed by atoms with Crippen molar-refractivity contribution < 1.29 is 21.6 Å². The highest BCUT2D eigenvalue weighted by atomic mass is 32.2. The minimum Gasteiger partial charge on any atom is -0.356 e. The topological polar surface area (TPSA) is 65.0 Å². The molecule has 1 N–H and O–H groups in total. The molecule has 2 rings (SSSR count). The van der Waals surface area contributed by atoms with Crippen molar-refractivity contribution in [2.75, 3.05) is 33.7 Å². The lowest BCUT2D eigenvalue weighted by Gasteiger charge is -2.32. The van der Waals surface area contributed by atoms with Crippen LogP contribution in [-0.4, -0.2) is 62.8 Å². The van der Waals surface area contributed by atoms with Crippen molar-refractivity contribution in [1.82, 2.24) is 14.5 Å². The molecule has 0 bridgehead atoms. The van der Waals surface area contributed by atoms with Gasteiger partial charge in [0.05, 0.1) is 0 Å². The molecular formula is C18H27F3N4O2S. The van der Waals surface area contributed by atoms with Gasteiger partial charge in [-0.15, -0.1) is 0 Å². The molecule has 0 spiro atoms. The van der Waals surface area contributed by atoms with Crippen molar-refractivity contribution in [2.45, 2.75) is 31.8 Å². The Labute approximate surface area is 164 Å². The van der Waals surface area contributed by atoms with Crippen LogP contribution in [0.4, 0.5) is 13.2 Å². The second kappa shape index (κ2) is 9.13. The third kappa shape index (κ3) is 5.60. The Bertz CT molecular complexity index is 771. The Balaban J connectivity index is 1.84. The number of nitrogens with zero attached hydrogens (tertiary/aromatic N) is 3. The number of hydrogen-bond donors (Lipinski definition) is 1. The molecular weight excluding hydrogens is 393 g/mol. The van der Waals surface area contributed by atoms with Gasteiger partial charge >= 0.3 is 15.5 Å². The first kappa shape index (κ1) is 22.5. The molecule has 28 heavy (non-hydrogen) atoms. The molecule has 158 valence electrons. The van der Waals surface area contributed by atoms with Crippen LogP contribution in [0.25, 0.3) is 0 Å². The lowest BCUT2D eigenvalue weighted by molar-refractivity contribution is -0.0496. The summed E-state index contributed by atoms with van der Waals surface area (Å²) in [7, 11) is -1.65. The van der Waals surface area contributed by atoms with Crippen molar-refractivity contribution in [3.63, 3.8) is 0 Å². The van der Waals surface area contributed by atoms with E-state index in [1.54, 1.807) is 7.05 Å². The average Bonchev–Trinajstić information content (AvgIpc) is 2.63. The molecule has 10 heteroatoms. The fraction of sp³-hybridized carbons (Fsp3) is 0.611. The largest absolute Gasteiger partial charge is 0.511 e. The van der Waals surface area contributed by atoms with Gasteiger partial charge < -0.3 is 10.2 Å². The first-order chi connectivity index (χ1) is 13.0. The lowest BCUT2D eigenvalue weighted by Crippen LogP contribution is -2.47. The third-order valence-corrected chi connectivity index (χ3v) is 6.50. The molecule has 0 radical (unpaired) electrons. The predicted octanol–water partition coefficient (Wildman–Crippen LogP) is 2.56. The van der Waals surface area contributed by atoms with Gasteiger partial charge in [0.15, 0.2) is 5.96 Å². The van der Waals surface area contributed by atoms with E-state index >= 15 is 0 Å². The molecule has 1 aliphatic heterocycles. The van der Waals surface area contributed by atoms with E-state index in [4.69, 9.17) is 0 Å². The van der Waals surface area contributed by atoms with Crippen LogP contribution in [0.15, 0.2) is 29.3 Å². The number of piperidine rings is 1. The SMILES string of the molecule is CN=C(NCC1CCN(S(=O)(=O)C(F)(F)F)CC1)N(C)Cc1ccc(C)cc1. The molecule has 0 amide bonds. The number of benzene rings is 1. The second-order valence-corrected chi connectivity index (χ2v) is 8.99. The third-order valence-electron chi connectivity index (χ3n) is 4.87. The molecule has 1 aliphatic rings. The summed E-state index contributed by atoms with van der Waals surface area (Å²) < 4.78 is 61.4. The average molecular weight is 421 g/mol. The smallest absolute Gasteiger partial charge is 0.356 e. The molecule has 6 nitrogen and oxygen atoms in total. The fourth-order valence-electron chi connectivity index (χ4n) is 3.16. The van der Waals surface area contributed by atoms with E-state index in [-0.39, 0.29) is 19.0 Å². The molecule has 1 saturated heterocycles. The van der Waals surface area contributed by atoms with Gasteiger partial charge in [-0.2, -0.15) is 17.5 Å². The molecule has 1 heterocycles. The van der Waals surface area contributed by atoms with E-state index < -0.39 is 15.5 Å². The number of halogens is 3. The summed E-state index contributed by atoms with van der Waals surface area (Å²) in [4.78, 5) is 6.22. The van der Waals surface area contributed by atoms with Gasteiger partial charge in [0.25, 0.3) is 0 Å². The molecule has 0 aliphatic carbocycles. The highest BCUT2D eigenvalue weighted by Gasteiger charge is 2.50. The van der Waals surface area contributed by atoms with Crippen LogP contribution in [0.3, 0.4) is 0 Å². The standard InChI is InChI=1S/C18H27F3N4O2S/c1-14-4-6-16(7-5-14)13-24(3)17(22-2)23-12-15-8-10-25(11-9-15)28(26,27)18(19,20)21/h4-7,15H,8-13H2,1-3H3,(H,22,23). The van der Waals surface area contributed by atoms with Gasteiger partial charge in [0.1, 0.15) is 0 Å². The number of sulfonamides is 1. The highest BCUT2D eigenvalue weighted by molar-refractivity contribution is 7.90. The number of hydrogen-bond acceptors (Lipinski definition) is 3. The minimum absolute atomic E-state index is 0.0872. The summed E-state index contributed by atoms with van der Waals surface area (Å²) in [5.74, 6) is 0.773. The van der Waals surface area contributed by atoms with E-state index in [9.17, 15) is 21.6 Å². The van der Waals surface area contributed by atoms with Gasteiger partial charge in [-0.25, -0.2) is 8.42 Å². The van der Waals surface area contributed by atoms with Crippen LogP contribution in [0.5, 0.6) is 0 Å². The van der Waals surface area contributed by atoms with Crippen LogP contribution in [0, 0.1) is 12.8 Å². The molecule has 0 saturated carbocycles. The van der Waals surface area contributed by atoms with Gasteiger partial charge in [0.2, 0.25) is 0 Å². The Hall–Kier alpha value is -1.81. The summed E-state index contributed by atoms with van der Waals surface area (Å²) in [5, 5.41) is 3.24. The van der Waals surface area contributed by atoms with E-state index in [1.165, 1.54) is 5.56 Å². The molecule has 0 atom stereocenters. The normalized spacial score (nSPS) is 17.6. The van der Waals surface area contributed by atoms with E-state index in [1.807, 2.05) is 31.0 Å². The van der Waals surface area contributed by atoms with Gasteiger partial charge in [-0.1, -0.05) is 29.8 Å². The fourth-order valence-corrected chi connectivity index (χ4v) is 4.15. The van der Waals surface area contributed by atoms with Crippen molar-refractivity contribution in [3.8, 4) is 0 Å². The number of rotatable bonds is 5. The Kier molecular flexibility index (Phi) is 7.33. The zero-order valence-corrected chi connectivity index (χ0v) is 17.1. The molecule has 1 fully saturated rings. The highest BCUT2D eigenvalue weighted by Crippen LogP contribution is 2.30. The summed E-state index contributed by atoms with van der Waals surface area (Å²) in [6, 6.07) is 8.19. The van der Waals surface area contributed by atoms with Crippen LogP contribution in [0.1, 0.15) is 24.0 Å². The van der Waals surface area contributed by atoms with E-state index in [0.717, 1.165) is 5.56 Å². The summed E-state index contributed by atoms with van der Waals surface area (Å²) >= 11 is 0. The van der Waals surface area contributed by atoms with Gasteiger partial charge in [-0.3, -0.25) is 4.99 Å². The van der Waals surface area contributed by atoms with Gasteiger partial charge in [0, 0.05) is 40.3 Å². The second-order valence-electron chi connectivity index (χ2n) is 7.06. The van der Waals surface area contributed by atoms with Crippen molar-refractivity contribution in [2.24, 2.45) is 10.9 Å². The summed E-state index contributed by atoms with van der Waals surface area (Å²) in [5.41, 5.74) is -2.91. The van der Waals surface area contributed by atoms with E-state index in [0.29, 0.717) is 36.2 Å². The predicted molar refractivity (Wildman–Crippen MR) is 103 cm³/mol. The summed E-state index contributed by atoms with van der Waals surface area (Å²) in [6.45, 7) is 2.99. The first-order valence-corrected chi connectivity index (χ1v) is 10.5.